The second-order valence-electron chi connectivity index (χ2n) is 7.85. The van der Waals surface area contributed by atoms with Crippen LogP contribution in [0.3, 0.4) is 0 Å². The van der Waals surface area contributed by atoms with E-state index in [2.05, 4.69) is 14.5 Å². The average Bonchev–Trinajstić information content (AvgIpc) is 3.24. The fourth-order valence-corrected chi connectivity index (χ4v) is 5.56. The number of rotatable bonds is 6. The van der Waals surface area contributed by atoms with Crippen molar-refractivity contribution >= 4 is 21.4 Å². The first-order valence-corrected chi connectivity index (χ1v) is 11.9. The van der Waals surface area contributed by atoms with Gasteiger partial charge < -0.3 is 4.90 Å². The summed E-state index contributed by atoms with van der Waals surface area (Å²) in [6, 6.07) is 17.8. The zero-order valence-corrected chi connectivity index (χ0v) is 17.1. The number of sulfonamides is 1. The molecule has 2 fully saturated rings. The van der Waals surface area contributed by atoms with Crippen molar-refractivity contribution in [3.05, 3.63) is 60.2 Å². The minimum atomic E-state index is -3.41. The predicted molar refractivity (Wildman–Crippen MR) is 115 cm³/mol. The topological polar surface area (TPSA) is 52.7 Å². The quantitative estimate of drug-likeness (QED) is 0.805. The van der Waals surface area contributed by atoms with Crippen LogP contribution in [-0.4, -0.2) is 45.5 Å². The Labute approximate surface area is 168 Å². The highest BCUT2D eigenvalue weighted by Gasteiger charge is 2.26. The maximum absolute atomic E-state index is 12.4. The standard InChI is InChI=1S/C22H29N3O2S/c26-28(27,18-19-6-2-1-3-7-19)23-20-10-12-22(13-11-20)25-16-14-24(15-17-25)21-8-4-5-9-21/h1-3,6-7,10-13,21,23H,4-5,8-9,14-18H2. The van der Waals surface area contributed by atoms with E-state index in [0.717, 1.165) is 43.5 Å². The van der Waals surface area contributed by atoms with E-state index in [0.29, 0.717) is 5.69 Å². The molecule has 0 unspecified atom stereocenters. The largest absolute Gasteiger partial charge is 0.369 e. The van der Waals surface area contributed by atoms with Gasteiger partial charge in [-0.25, -0.2) is 8.42 Å². The molecule has 1 aliphatic heterocycles. The predicted octanol–water partition coefficient (Wildman–Crippen LogP) is 3.69. The third-order valence-corrected chi connectivity index (χ3v) is 7.12. The average molecular weight is 400 g/mol. The normalized spacial score (nSPS) is 19.1. The van der Waals surface area contributed by atoms with Crippen LogP contribution < -0.4 is 9.62 Å². The summed E-state index contributed by atoms with van der Waals surface area (Å²) < 4.78 is 27.5. The zero-order valence-electron chi connectivity index (χ0n) is 16.3. The lowest BCUT2D eigenvalue weighted by Crippen LogP contribution is -2.49. The molecule has 0 amide bonds. The Balaban J connectivity index is 1.32. The first kappa shape index (κ1) is 19.3. The van der Waals surface area contributed by atoms with Gasteiger partial charge in [-0.3, -0.25) is 9.62 Å². The lowest BCUT2D eigenvalue weighted by molar-refractivity contribution is 0.187. The molecule has 1 aliphatic carbocycles. The minimum absolute atomic E-state index is 0.0152. The Morgan fingerprint density at radius 2 is 1.50 bits per heavy atom. The molecule has 0 aromatic heterocycles. The molecule has 150 valence electrons. The SMILES string of the molecule is O=S(=O)(Cc1ccccc1)Nc1ccc(N2CCN(C3CCCC3)CC2)cc1. The highest BCUT2D eigenvalue weighted by molar-refractivity contribution is 7.91. The maximum Gasteiger partial charge on any atom is 0.236 e. The van der Waals surface area contributed by atoms with Crippen molar-refractivity contribution in [3.8, 4) is 0 Å². The Hall–Kier alpha value is -2.05. The van der Waals surface area contributed by atoms with Crippen LogP contribution in [0.25, 0.3) is 0 Å². The molecule has 0 bridgehead atoms. The van der Waals surface area contributed by atoms with Gasteiger partial charge in [0.2, 0.25) is 10.0 Å². The van der Waals surface area contributed by atoms with Gasteiger partial charge in [-0.05, 0) is 42.7 Å². The summed E-state index contributed by atoms with van der Waals surface area (Å²) in [5.41, 5.74) is 2.56. The fourth-order valence-electron chi connectivity index (χ4n) is 4.36. The molecular formula is C22H29N3O2S. The fraction of sp³-hybridized carbons (Fsp3) is 0.455. The van der Waals surface area contributed by atoms with Crippen LogP contribution in [0, 0.1) is 0 Å². The first-order valence-electron chi connectivity index (χ1n) is 10.2. The third-order valence-electron chi connectivity index (χ3n) is 5.86. The van der Waals surface area contributed by atoms with Crippen LogP contribution in [0.5, 0.6) is 0 Å². The van der Waals surface area contributed by atoms with Crippen molar-refractivity contribution < 1.29 is 8.42 Å². The second-order valence-corrected chi connectivity index (χ2v) is 9.58. The van der Waals surface area contributed by atoms with E-state index < -0.39 is 10.0 Å². The minimum Gasteiger partial charge on any atom is -0.369 e. The third kappa shape index (κ3) is 4.86. The van der Waals surface area contributed by atoms with Crippen molar-refractivity contribution in [1.82, 2.24) is 4.90 Å². The summed E-state index contributed by atoms with van der Waals surface area (Å²) in [7, 11) is -3.41. The van der Waals surface area contributed by atoms with E-state index in [1.807, 2.05) is 54.6 Å². The molecule has 1 heterocycles. The Morgan fingerprint density at radius 3 is 2.14 bits per heavy atom. The zero-order chi connectivity index (χ0) is 19.4. The maximum atomic E-state index is 12.4. The molecule has 4 rings (SSSR count). The Morgan fingerprint density at radius 1 is 0.857 bits per heavy atom. The van der Waals surface area contributed by atoms with Crippen molar-refractivity contribution in [2.75, 3.05) is 35.8 Å². The number of nitrogens with zero attached hydrogens (tertiary/aromatic N) is 2. The highest BCUT2D eigenvalue weighted by Crippen LogP contribution is 2.26. The summed E-state index contributed by atoms with van der Waals surface area (Å²) in [6.07, 6.45) is 5.48. The summed E-state index contributed by atoms with van der Waals surface area (Å²) >= 11 is 0. The van der Waals surface area contributed by atoms with Crippen LogP contribution >= 0.6 is 0 Å². The Kier molecular flexibility index (Phi) is 5.87. The molecular weight excluding hydrogens is 370 g/mol. The van der Waals surface area contributed by atoms with Crippen LogP contribution in [0.2, 0.25) is 0 Å². The van der Waals surface area contributed by atoms with E-state index in [1.165, 1.54) is 25.7 Å². The summed E-state index contributed by atoms with van der Waals surface area (Å²) in [6.45, 7) is 4.32. The van der Waals surface area contributed by atoms with E-state index in [1.54, 1.807) is 0 Å². The molecule has 1 saturated heterocycles. The molecule has 2 aliphatic rings. The van der Waals surface area contributed by atoms with Crippen molar-refractivity contribution in [3.63, 3.8) is 0 Å². The summed E-state index contributed by atoms with van der Waals surface area (Å²) in [4.78, 5) is 5.04. The molecule has 0 radical (unpaired) electrons. The van der Waals surface area contributed by atoms with Gasteiger partial charge in [0.25, 0.3) is 0 Å². The number of nitrogens with one attached hydrogen (secondary N) is 1. The lowest BCUT2D eigenvalue weighted by Gasteiger charge is -2.39. The van der Waals surface area contributed by atoms with Crippen LogP contribution in [0.15, 0.2) is 54.6 Å². The van der Waals surface area contributed by atoms with E-state index in [-0.39, 0.29) is 5.75 Å². The summed E-state index contributed by atoms with van der Waals surface area (Å²) in [5.74, 6) is -0.0152. The van der Waals surface area contributed by atoms with Crippen LogP contribution in [0.1, 0.15) is 31.2 Å². The van der Waals surface area contributed by atoms with E-state index in [4.69, 9.17) is 0 Å². The van der Waals surface area contributed by atoms with Gasteiger partial charge in [-0.15, -0.1) is 0 Å². The van der Waals surface area contributed by atoms with Crippen molar-refractivity contribution in [2.24, 2.45) is 0 Å². The second kappa shape index (κ2) is 8.53. The van der Waals surface area contributed by atoms with Crippen molar-refractivity contribution in [1.29, 1.82) is 0 Å². The number of hydrogen-bond donors (Lipinski definition) is 1. The van der Waals surface area contributed by atoms with E-state index in [9.17, 15) is 8.42 Å². The van der Waals surface area contributed by atoms with Gasteiger partial charge in [-0.1, -0.05) is 43.2 Å². The summed E-state index contributed by atoms with van der Waals surface area (Å²) in [5, 5.41) is 0. The smallest absolute Gasteiger partial charge is 0.236 e. The van der Waals surface area contributed by atoms with Crippen LogP contribution in [-0.2, 0) is 15.8 Å². The lowest BCUT2D eigenvalue weighted by atomic mass is 10.1. The highest BCUT2D eigenvalue weighted by atomic mass is 32.2. The van der Waals surface area contributed by atoms with Gasteiger partial charge >= 0.3 is 0 Å². The van der Waals surface area contributed by atoms with Gasteiger partial charge in [-0.2, -0.15) is 0 Å². The first-order chi connectivity index (χ1) is 13.6. The number of benzene rings is 2. The molecule has 28 heavy (non-hydrogen) atoms. The van der Waals surface area contributed by atoms with Gasteiger partial charge in [0, 0.05) is 43.6 Å². The molecule has 6 heteroatoms. The molecule has 5 nitrogen and oxygen atoms in total. The van der Waals surface area contributed by atoms with Gasteiger partial charge in [0.15, 0.2) is 0 Å². The molecule has 2 aromatic rings. The van der Waals surface area contributed by atoms with Gasteiger partial charge in [0.1, 0.15) is 0 Å². The van der Waals surface area contributed by atoms with E-state index >= 15 is 0 Å². The van der Waals surface area contributed by atoms with Gasteiger partial charge in [0.05, 0.1) is 5.75 Å². The molecule has 1 saturated carbocycles. The molecule has 2 aromatic carbocycles. The monoisotopic (exact) mass is 399 g/mol. The number of anilines is 2. The Bertz CT molecular complexity index is 854. The van der Waals surface area contributed by atoms with Crippen LogP contribution in [0.4, 0.5) is 11.4 Å². The van der Waals surface area contributed by atoms with Crippen molar-refractivity contribution in [2.45, 2.75) is 37.5 Å². The molecule has 0 spiro atoms. The molecule has 1 N–H and O–H groups in total. The molecule has 0 atom stereocenters. The number of piperazine rings is 1. The number of hydrogen-bond acceptors (Lipinski definition) is 4.